The monoisotopic (exact) mass is 377 g/mol. The first-order valence-electron chi connectivity index (χ1n) is 8.37. The van der Waals surface area contributed by atoms with Crippen molar-refractivity contribution < 1.29 is 14.3 Å². The van der Waals surface area contributed by atoms with Crippen LogP contribution in [0, 0.1) is 5.92 Å². The molecular weight excluding hydrogens is 358 g/mol. The topological polar surface area (TPSA) is 38.8 Å². The Morgan fingerprint density at radius 2 is 2.30 bits per heavy atom. The second kappa shape index (κ2) is 4.51. The van der Waals surface area contributed by atoms with E-state index in [-0.39, 0.29) is 17.3 Å². The standard InChI is InChI=1S/C18H20BrNO3/c1-20-6-5-18-10-3-4-13(21)17(18)23-16-14(22-2)8-11(19)9(15(16)18)7-12(10)20/h8,10,12,17H,3-7H2,1-2H3/t10?,12?,17-,18-/m0/s1. The second-order valence-electron chi connectivity index (χ2n) is 7.40. The maximum Gasteiger partial charge on any atom is 0.174 e. The molecule has 0 radical (unpaired) electrons. The number of piperidine rings is 1. The molecule has 2 aliphatic heterocycles. The number of benzene rings is 1. The molecular formula is C18H20BrNO3. The fourth-order valence-corrected chi connectivity index (χ4v) is 6.27. The molecule has 4 aliphatic rings. The van der Waals surface area contributed by atoms with Gasteiger partial charge >= 0.3 is 0 Å². The number of likely N-dealkylation sites (N-methyl/N-ethyl adjacent to an activating group) is 1. The van der Waals surface area contributed by atoms with Gasteiger partial charge in [-0.25, -0.2) is 0 Å². The highest BCUT2D eigenvalue weighted by atomic mass is 79.9. The minimum absolute atomic E-state index is 0.132. The Labute approximate surface area is 144 Å². The van der Waals surface area contributed by atoms with E-state index in [4.69, 9.17) is 9.47 Å². The Bertz CT molecular complexity index is 733. The van der Waals surface area contributed by atoms with Crippen molar-refractivity contribution in [1.29, 1.82) is 0 Å². The molecule has 4 atom stereocenters. The van der Waals surface area contributed by atoms with E-state index in [2.05, 4.69) is 27.9 Å². The van der Waals surface area contributed by atoms with Crippen LogP contribution >= 0.6 is 15.9 Å². The number of hydrogen-bond acceptors (Lipinski definition) is 4. The van der Waals surface area contributed by atoms with Gasteiger partial charge in [0.05, 0.1) is 7.11 Å². The van der Waals surface area contributed by atoms with Gasteiger partial charge in [0.1, 0.15) is 0 Å². The van der Waals surface area contributed by atoms with Crippen molar-refractivity contribution in [2.45, 2.75) is 43.2 Å². The first-order valence-corrected chi connectivity index (χ1v) is 9.16. The number of hydrogen-bond donors (Lipinski definition) is 0. The van der Waals surface area contributed by atoms with Crippen molar-refractivity contribution in [3.05, 3.63) is 21.7 Å². The van der Waals surface area contributed by atoms with Crippen LogP contribution in [0.2, 0.25) is 0 Å². The largest absolute Gasteiger partial charge is 0.493 e. The van der Waals surface area contributed by atoms with Gasteiger partial charge in [-0.2, -0.15) is 0 Å². The molecule has 0 aromatic heterocycles. The van der Waals surface area contributed by atoms with Gasteiger partial charge in [-0.05, 0) is 50.4 Å². The molecule has 2 unspecified atom stereocenters. The van der Waals surface area contributed by atoms with Crippen LogP contribution in [0.5, 0.6) is 11.5 Å². The first kappa shape index (κ1) is 14.3. The third-order valence-corrected chi connectivity index (χ3v) is 7.37. The molecule has 122 valence electrons. The molecule has 2 bridgehead atoms. The number of halogens is 1. The number of rotatable bonds is 1. The molecule has 4 nitrogen and oxygen atoms in total. The Balaban J connectivity index is 1.84. The molecule has 0 amide bonds. The molecule has 1 aromatic rings. The first-order chi connectivity index (χ1) is 11.1. The summed E-state index contributed by atoms with van der Waals surface area (Å²) in [6.07, 6.45) is 3.35. The molecule has 2 aliphatic carbocycles. The number of Topliss-reactive ketones (excluding diaryl/α,β-unsaturated/α-hetero) is 1. The quantitative estimate of drug-likeness (QED) is 0.754. The van der Waals surface area contributed by atoms with Gasteiger partial charge in [-0.15, -0.1) is 0 Å². The van der Waals surface area contributed by atoms with Crippen LogP contribution in [-0.4, -0.2) is 43.5 Å². The zero-order valence-electron chi connectivity index (χ0n) is 13.4. The molecule has 1 saturated heterocycles. The van der Waals surface area contributed by atoms with E-state index in [0.29, 0.717) is 18.4 Å². The number of carbonyl (C=O) groups excluding carboxylic acids is 1. The van der Waals surface area contributed by atoms with Gasteiger partial charge in [-0.1, -0.05) is 15.9 Å². The fourth-order valence-electron chi connectivity index (χ4n) is 5.70. The van der Waals surface area contributed by atoms with Crippen LogP contribution in [0.15, 0.2) is 10.5 Å². The zero-order chi connectivity index (χ0) is 15.9. The highest BCUT2D eigenvalue weighted by Gasteiger charge is 2.65. The van der Waals surface area contributed by atoms with E-state index in [1.807, 2.05) is 6.07 Å². The van der Waals surface area contributed by atoms with E-state index in [1.165, 1.54) is 11.1 Å². The van der Waals surface area contributed by atoms with Crippen molar-refractivity contribution in [3.63, 3.8) is 0 Å². The van der Waals surface area contributed by atoms with Crippen molar-refractivity contribution >= 4 is 21.7 Å². The third-order valence-electron chi connectivity index (χ3n) is 6.67. The van der Waals surface area contributed by atoms with Gasteiger partial charge in [0, 0.05) is 27.9 Å². The summed E-state index contributed by atoms with van der Waals surface area (Å²) < 4.78 is 13.0. The average Bonchev–Trinajstić information content (AvgIpc) is 2.89. The van der Waals surface area contributed by atoms with E-state index in [1.54, 1.807) is 7.11 Å². The number of methoxy groups -OCH3 is 1. The van der Waals surface area contributed by atoms with Crippen LogP contribution in [0.3, 0.4) is 0 Å². The third kappa shape index (κ3) is 1.53. The average molecular weight is 378 g/mol. The summed E-state index contributed by atoms with van der Waals surface area (Å²) in [7, 11) is 3.90. The Hall–Kier alpha value is -1.07. The van der Waals surface area contributed by atoms with Gasteiger partial charge in [0.15, 0.2) is 23.4 Å². The Kier molecular flexibility index (Phi) is 2.80. The van der Waals surface area contributed by atoms with Crippen LogP contribution in [-0.2, 0) is 16.6 Å². The summed E-state index contributed by atoms with van der Waals surface area (Å²) in [4.78, 5) is 15.2. The molecule has 2 fully saturated rings. The lowest BCUT2D eigenvalue weighted by Crippen LogP contribution is -2.65. The number of ether oxygens (including phenoxy) is 2. The lowest BCUT2D eigenvalue weighted by atomic mass is 9.52. The Morgan fingerprint density at radius 1 is 1.48 bits per heavy atom. The minimum Gasteiger partial charge on any atom is -0.493 e. The van der Waals surface area contributed by atoms with Gasteiger partial charge in [0.25, 0.3) is 0 Å². The van der Waals surface area contributed by atoms with Crippen molar-refractivity contribution in [2.24, 2.45) is 5.92 Å². The number of nitrogens with zero attached hydrogens (tertiary/aromatic N) is 1. The summed E-state index contributed by atoms with van der Waals surface area (Å²) >= 11 is 3.74. The van der Waals surface area contributed by atoms with Crippen LogP contribution in [0.4, 0.5) is 0 Å². The molecule has 5 heteroatoms. The highest BCUT2D eigenvalue weighted by molar-refractivity contribution is 9.10. The van der Waals surface area contributed by atoms with Crippen molar-refractivity contribution in [3.8, 4) is 11.5 Å². The van der Waals surface area contributed by atoms with Crippen LogP contribution in [0.1, 0.15) is 30.4 Å². The second-order valence-corrected chi connectivity index (χ2v) is 8.25. The molecule has 0 N–H and O–H groups in total. The summed E-state index contributed by atoms with van der Waals surface area (Å²) in [6, 6.07) is 2.51. The molecule has 1 spiro atoms. The molecule has 5 rings (SSSR count). The van der Waals surface area contributed by atoms with E-state index in [9.17, 15) is 4.79 Å². The van der Waals surface area contributed by atoms with Crippen molar-refractivity contribution in [1.82, 2.24) is 4.90 Å². The summed E-state index contributed by atoms with van der Waals surface area (Å²) in [6.45, 7) is 1.03. The van der Waals surface area contributed by atoms with E-state index < -0.39 is 0 Å². The van der Waals surface area contributed by atoms with Gasteiger partial charge < -0.3 is 14.4 Å². The Morgan fingerprint density at radius 3 is 3.09 bits per heavy atom. The predicted octanol–water partition coefficient (Wildman–Crippen LogP) is 2.70. The van der Waals surface area contributed by atoms with Crippen LogP contribution in [0.25, 0.3) is 0 Å². The molecule has 1 aromatic carbocycles. The van der Waals surface area contributed by atoms with E-state index >= 15 is 0 Å². The maximum absolute atomic E-state index is 12.7. The number of likely N-dealkylation sites (tertiary alicyclic amines) is 1. The fraction of sp³-hybridized carbons (Fsp3) is 0.611. The summed E-state index contributed by atoms with van der Waals surface area (Å²) in [5, 5.41) is 0. The maximum atomic E-state index is 12.7. The normalized spacial score (nSPS) is 37.3. The highest BCUT2D eigenvalue weighted by Crippen LogP contribution is 2.64. The molecule has 23 heavy (non-hydrogen) atoms. The van der Waals surface area contributed by atoms with Crippen molar-refractivity contribution in [2.75, 3.05) is 20.7 Å². The van der Waals surface area contributed by atoms with E-state index in [0.717, 1.165) is 41.8 Å². The lowest BCUT2D eigenvalue weighted by Gasteiger charge is -2.57. The predicted molar refractivity (Wildman–Crippen MR) is 89.3 cm³/mol. The summed E-state index contributed by atoms with van der Waals surface area (Å²) in [5.41, 5.74) is 2.47. The minimum atomic E-state index is -0.310. The van der Waals surface area contributed by atoms with Gasteiger partial charge in [-0.3, -0.25) is 4.79 Å². The van der Waals surface area contributed by atoms with Crippen LogP contribution < -0.4 is 9.47 Å². The summed E-state index contributed by atoms with van der Waals surface area (Å²) in [5.74, 6) is 2.37. The molecule has 2 heterocycles. The lowest BCUT2D eigenvalue weighted by molar-refractivity contribution is -0.138. The number of carbonyl (C=O) groups is 1. The molecule has 1 saturated carbocycles. The number of ketones is 1. The zero-order valence-corrected chi connectivity index (χ0v) is 15.0. The smallest absolute Gasteiger partial charge is 0.174 e. The SMILES string of the molecule is COc1cc(Br)c2c3c1O[C@H]1C(=O)CCC4C(C2)N(C)CC[C@@]341. The van der Waals surface area contributed by atoms with Gasteiger partial charge in [0.2, 0.25) is 0 Å².